The van der Waals surface area contributed by atoms with Crippen LogP contribution in [-0.4, -0.2) is 49.1 Å². The molecular weight excluding hydrogens is 422 g/mol. The zero-order valence-electron chi connectivity index (χ0n) is 19.3. The first kappa shape index (κ1) is 23.9. The summed E-state index contributed by atoms with van der Waals surface area (Å²) in [5.41, 5.74) is 2.49. The maximum absolute atomic E-state index is 13.6. The number of carbonyl (C=O) groups is 3. The van der Waals surface area contributed by atoms with Crippen molar-refractivity contribution in [2.24, 2.45) is 0 Å². The van der Waals surface area contributed by atoms with Gasteiger partial charge in [0, 0.05) is 12.1 Å². The van der Waals surface area contributed by atoms with E-state index in [1.807, 2.05) is 18.2 Å². The number of carboxylic acid groups (broad SMARTS) is 1. The lowest BCUT2D eigenvalue weighted by Crippen LogP contribution is -2.50. The molecule has 0 fully saturated rings. The van der Waals surface area contributed by atoms with E-state index in [-0.39, 0.29) is 33.7 Å². The quantitative estimate of drug-likeness (QED) is 0.502. The van der Waals surface area contributed by atoms with Crippen molar-refractivity contribution < 1.29 is 23.9 Å². The Bertz CT molecular complexity index is 1040. The van der Waals surface area contributed by atoms with Crippen molar-refractivity contribution in [1.82, 2.24) is 4.90 Å². The molecule has 2 aromatic carbocycles. The van der Waals surface area contributed by atoms with Crippen LogP contribution in [-0.2, 0) is 17.4 Å². The van der Waals surface area contributed by atoms with Gasteiger partial charge >= 0.3 is 5.97 Å². The summed E-state index contributed by atoms with van der Waals surface area (Å²) in [7, 11) is -2.04. The molecule has 0 radical (unpaired) electrons. The second-order valence-corrected chi connectivity index (χ2v) is 14.7. The highest BCUT2D eigenvalue weighted by Crippen LogP contribution is 2.37. The number of fused-ring (bicyclic) bond motifs is 1. The molecule has 1 heterocycles. The standard InChI is InChI=1S/C25H31NO5Si/c1-25(2,3)32(4,5)31-16-21-12-17-8-6-7-9-19(17)14-26(21)23(28)22-13-18(24(29)30)10-11-20(22)15-27/h6-11,13,15,21H,12,14,16H2,1-5H3,(H,29,30). The van der Waals surface area contributed by atoms with E-state index in [0.29, 0.717) is 25.9 Å². The van der Waals surface area contributed by atoms with E-state index in [9.17, 15) is 19.5 Å². The van der Waals surface area contributed by atoms with Crippen molar-refractivity contribution >= 4 is 26.5 Å². The molecule has 0 saturated heterocycles. The number of rotatable bonds is 6. The number of hydrogen-bond acceptors (Lipinski definition) is 4. The Labute approximate surface area is 190 Å². The SMILES string of the molecule is CC(C)(C)[Si](C)(C)OCC1Cc2ccccc2CN1C(=O)c1cc(C(=O)O)ccc1C=O. The minimum Gasteiger partial charge on any atom is -0.478 e. The van der Waals surface area contributed by atoms with Gasteiger partial charge in [0.2, 0.25) is 0 Å². The lowest BCUT2D eigenvalue weighted by Gasteiger charge is -2.41. The fraction of sp³-hybridized carbons (Fsp3) is 0.400. The molecule has 7 heteroatoms. The van der Waals surface area contributed by atoms with E-state index in [2.05, 4.69) is 39.9 Å². The van der Waals surface area contributed by atoms with Crippen molar-refractivity contribution in [3.05, 3.63) is 70.3 Å². The summed E-state index contributed by atoms with van der Waals surface area (Å²) in [6, 6.07) is 11.8. The number of aldehydes is 1. The second-order valence-electron chi connectivity index (χ2n) is 9.86. The third-order valence-corrected chi connectivity index (χ3v) is 11.2. The van der Waals surface area contributed by atoms with E-state index >= 15 is 0 Å². The molecule has 1 amide bonds. The second kappa shape index (κ2) is 9.00. The lowest BCUT2D eigenvalue weighted by molar-refractivity contribution is 0.0552. The third kappa shape index (κ3) is 4.84. The molecule has 3 rings (SSSR count). The van der Waals surface area contributed by atoms with Gasteiger partial charge in [-0.3, -0.25) is 9.59 Å². The van der Waals surface area contributed by atoms with Gasteiger partial charge in [-0.1, -0.05) is 51.1 Å². The van der Waals surface area contributed by atoms with Crippen LogP contribution in [0.15, 0.2) is 42.5 Å². The zero-order chi connectivity index (χ0) is 23.7. The van der Waals surface area contributed by atoms with Gasteiger partial charge in [-0.15, -0.1) is 0 Å². The summed E-state index contributed by atoms with van der Waals surface area (Å²) >= 11 is 0. The van der Waals surface area contributed by atoms with Crippen LogP contribution in [0.25, 0.3) is 0 Å². The Morgan fingerprint density at radius 2 is 1.81 bits per heavy atom. The van der Waals surface area contributed by atoms with Crippen molar-refractivity contribution in [3.63, 3.8) is 0 Å². The highest BCUT2D eigenvalue weighted by atomic mass is 28.4. The van der Waals surface area contributed by atoms with Gasteiger partial charge in [0.15, 0.2) is 14.6 Å². The van der Waals surface area contributed by atoms with Crippen LogP contribution in [0.4, 0.5) is 0 Å². The van der Waals surface area contributed by atoms with Crippen LogP contribution in [0.2, 0.25) is 18.1 Å². The van der Waals surface area contributed by atoms with Crippen molar-refractivity contribution in [2.75, 3.05) is 6.61 Å². The number of carboxylic acids is 1. The first-order valence-electron chi connectivity index (χ1n) is 10.8. The number of hydrogen-bond donors (Lipinski definition) is 1. The molecule has 0 spiro atoms. The maximum atomic E-state index is 13.6. The highest BCUT2D eigenvalue weighted by molar-refractivity contribution is 6.74. The molecule has 0 aliphatic carbocycles. The first-order chi connectivity index (χ1) is 14.9. The average Bonchev–Trinajstić information content (AvgIpc) is 2.75. The Kier molecular flexibility index (Phi) is 6.71. The summed E-state index contributed by atoms with van der Waals surface area (Å²) in [5, 5.41) is 9.41. The largest absolute Gasteiger partial charge is 0.478 e. The molecule has 1 aliphatic rings. The van der Waals surface area contributed by atoms with E-state index in [1.165, 1.54) is 23.8 Å². The predicted octanol–water partition coefficient (Wildman–Crippen LogP) is 4.79. The summed E-state index contributed by atoms with van der Waals surface area (Å²) in [5.74, 6) is -1.49. The molecule has 2 aromatic rings. The smallest absolute Gasteiger partial charge is 0.335 e. The Morgan fingerprint density at radius 3 is 2.41 bits per heavy atom. The molecule has 0 bridgehead atoms. The van der Waals surface area contributed by atoms with E-state index in [1.54, 1.807) is 4.90 Å². The van der Waals surface area contributed by atoms with Crippen molar-refractivity contribution in [3.8, 4) is 0 Å². The fourth-order valence-electron chi connectivity index (χ4n) is 3.63. The third-order valence-electron chi connectivity index (χ3n) is 6.72. The number of benzene rings is 2. The summed E-state index contributed by atoms with van der Waals surface area (Å²) in [6.45, 7) is 11.7. The topological polar surface area (TPSA) is 83.9 Å². The van der Waals surface area contributed by atoms with Crippen molar-refractivity contribution in [2.45, 2.75) is 57.9 Å². The van der Waals surface area contributed by atoms with Crippen LogP contribution in [0.3, 0.4) is 0 Å². The average molecular weight is 454 g/mol. The Morgan fingerprint density at radius 1 is 1.16 bits per heavy atom. The molecule has 170 valence electrons. The number of amides is 1. The molecule has 1 unspecified atom stereocenters. The van der Waals surface area contributed by atoms with Crippen LogP contribution in [0, 0.1) is 0 Å². The zero-order valence-corrected chi connectivity index (χ0v) is 20.3. The fourth-order valence-corrected chi connectivity index (χ4v) is 4.67. The minimum atomic E-state index is -2.04. The number of carbonyl (C=O) groups excluding carboxylic acids is 2. The highest BCUT2D eigenvalue weighted by Gasteiger charge is 2.39. The molecule has 32 heavy (non-hydrogen) atoms. The van der Waals surface area contributed by atoms with Crippen LogP contribution in [0.5, 0.6) is 0 Å². The predicted molar refractivity (Wildman–Crippen MR) is 126 cm³/mol. The maximum Gasteiger partial charge on any atom is 0.335 e. The molecule has 0 aromatic heterocycles. The summed E-state index contributed by atoms with van der Waals surface area (Å²) in [6.07, 6.45) is 1.24. The van der Waals surface area contributed by atoms with Gasteiger partial charge in [0.25, 0.3) is 5.91 Å². The van der Waals surface area contributed by atoms with Crippen LogP contribution < -0.4 is 0 Å². The molecule has 1 N–H and O–H groups in total. The van der Waals surface area contributed by atoms with Crippen LogP contribution >= 0.6 is 0 Å². The lowest BCUT2D eigenvalue weighted by atomic mass is 9.93. The molecule has 1 atom stereocenters. The summed E-state index contributed by atoms with van der Waals surface area (Å²) < 4.78 is 6.46. The van der Waals surface area contributed by atoms with E-state index in [0.717, 1.165) is 5.56 Å². The van der Waals surface area contributed by atoms with Gasteiger partial charge in [0.05, 0.1) is 23.8 Å². The van der Waals surface area contributed by atoms with Crippen molar-refractivity contribution in [1.29, 1.82) is 0 Å². The van der Waals surface area contributed by atoms with E-state index in [4.69, 9.17) is 4.43 Å². The Balaban J connectivity index is 1.97. The molecule has 1 aliphatic heterocycles. The normalized spacial score (nSPS) is 16.4. The van der Waals surface area contributed by atoms with Gasteiger partial charge in [0.1, 0.15) is 0 Å². The minimum absolute atomic E-state index is 0.0227. The molecular formula is C25H31NO5Si. The number of aromatic carboxylic acids is 1. The Hall–Kier alpha value is -2.77. The monoisotopic (exact) mass is 453 g/mol. The molecule has 6 nitrogen and oxygen atoms in total. The van der Waals surface area contributed by atoms with Gasteiger partial charge in [-0.25, -0.2) is 4.79 Å². The van der Waals surface area contributed by atoms with Gasteiger partial charge in [-0.05, 0) is 47.8 Å². The van der Waals surface area contributed by atoms with Crippen LogP contribution in [0.1, 0.15) is 63.0 Å². The van der Waals surface area contributed by atoms with E-state index < -0.39 is 14.3 Å². The number of nitrogens with zero attached hydrogens (tertiary/aromatic N) is 1. The van der Waals surface area contributed by atoms with Gasteiger partial charge in [-0.2, -0.15) is 0 Å². The van der Waals surface area contributed by atoms with Gasteiger partial charge < -0.3 is 14.4 Å². The summed E-state index contributed by atoms with van der Waals surface area (Å²) in [4.78, 5) is 38.4. The molecule has 0 saturated carbocycles. The first-order valence-corrected chi connectivity index (χ1v) is 13.7.